The van der Waals surface area contributed by atoms with Crippen molar-refractivity contribution in [1.82, 2.24) is 5.32 Å². The summed E-state index contributed by atoms with van der Waals surface area (Å²) >= 11 is 0. The van der Waals surface area contributed by atoms with Crippen molar-refractivity contribution in [2.75, 3.05) is 31.7 Å². The highest BCUT2D eigenvalue weighted by Crippen LogP contribution is 2.27. The minimum atomic E-state index is -4.41. The van der Waals surface area contributed by atoms with Gasteiger partial charge in [-0.2, -0.15) is 13.2 Å². The molecule has 0 unspecified atom stereocenters. The predicted molar refractivity (Wildman–Crippen MR) is 80.9 cm³/mol. The van der Waals surface area contributed by atoms with Crippen molar-refractivity contribution in [3.8, 4) is 5.75 Å². The maximum absolute atomic E-state index is 12.2. The van der Waals surface area contributed by atoms with E-state index in [-0.39, 0.29) is 5.75 Å². The number of anilines is 1. The molecule has 1 aromatic rings. The number of hydrogen-bond donors (Lipinski definition) is 2. The first-order valence-electron chi connectivity index (χ1n) is 7.25. The topological polar surface area (TPSA) is 59.6 Å². The van der Waals surface area contributed by atoms with E-state index in [1.807, 2.05) is 6.92 Å². The van der Waals surface area contributed by atoms with Gasteiger partial charge in [-0.25, -0.2) is 4.79 Å². The van der Waals surface area contributed by atoms with Crippen LogP contribution in [0.2, 0.25) is 0 Å². The summed E-state index contributed by atoms with van der Waals surface area (Å²) in [6, 6.07) is 4.10. The molecule has 0 radical (unpaired) electrons. The number of halogens is 3. The van der Waals surface area contributed by atoms with Gasteiger partial charge in [0, 0.05) is 31.0 Å². The fraction of sp³-hybridized carbons (Fsp3) is 0.533. The van der Waals surface area contributed by atoms with Gasteiger partial charge in [-0.05, 0) is 32.4 Å². The van der Waals surface area contributed by atoms with Crippen molar-refractivity contribution >= 4 is 11.7 Å². The Kier molecular flexibility index (Phi) is 7.67. The highest BCUT2D eigenvalue weighted by molar-refractivity contribution is 5.90. The smallest absolute Gasteiger partial charge is 0.422 e. The van der Waals surface area contributed by atoms with Gasteiger partial charge in [0.15, 0.2) is 6.61 Å². The van der Waals surface area contributed by atoms with E-state index in [1.54, 1.807) is 13.0 Å². The van der Waals surface area contributed by atoms with Crippen LogP contribution in [0.3, 0.4) is 0 Å². The molecule has 5 nitrogen and oxygen atoms in total. The summed E-state index contributed by atoms with van der Waals surface area (Å²) in [4.78, 5) is 11.7. The molecule has 0 aliphatic rings. The number of ether oxygens (including phenoxy) is 2. The second-order valence-electron chi connectivity index (χ2n) is 4.76. The lowest BCUT2D eigenvalue weighted by atomic mass is 10.2. The molecule has 1 rings (SSSR count). The Hall–Kier alpha value is -1.96. The van der Waals surface area contributed by atoms with E-state index in [4.69, 9.17) is 9.47 Å². The molecule has 0 bridgehead atoms. The van der Waals surface area contributed by atoms with Crippen LogP contribution in [-0.4, -0.2) is 38.6 Å². The van der Waals surface area contributed by atoms with Crippen LogP contribution in [0.5, 0.6) is 5.75 Å². The highest BCUT2D eigenvalue weighted by Gasteiger charge is 2.28. The molecule has 0 atom stereocenters. The molecule has 23 heavy (non-hydrogen) atoms. The maximum atomic E-state index is 12.2. The van der Waals surface area contributed by atoms with E-state index >= 15 is 0 Å². The monoisotopic (exact) mass is 334 g/mol. The highest BCUT2D eigenvalue weighted by atomic mass is 19.4. The summed E-state index contributed by atoms with van der Waals surface area (Å²) < 4.78 is 46.5. The van der Waals surface area contributed by atoms with Crippen molar-refractivity contribution in [2.24, 2.45) is 0 Å². The molecule has 1 aromatic carbocycles. The van der Waals surface area contributed by atoms with E-state index < -0.39 is 18.8 Å². The molecule has 0 aromatic heterocycles. The van der Waals surface area contributed by atoms with Gasteiger partial charge in [0.2, 0.25) is 0 Å². The molecule has 2 N–H and O–H groups in total. The molecule has 0 aliphatic heterocycles. The minimum absolute atomic E-state index is 0.0801. The number of carbonyl (C=O) groups is 1. The molecule has 130 valence electrons. The first-order valence-corrected chi connectivity index (χ1v) is 7.25. The Morgan fingerprint density at radius 3 is 2.70 bits per heavy atom. The summed E-state index contributed by atoms with van der Waals surface area (Å²) in [5, 5.41) is 5.23. The summed E-state index contributed by atoms with van der Waals surface area (Å²) in [6.45, 7) is 3.70. The van der Waals surface area contributed by atoms with Gasteiger partial charge in [0.1, 0.15) is 5.75 Å². The normalized spacial score (nSPS) is 11.2. The standard InChI is InChI=1S/C15H21F3N2O3/c1-3-22-9-5-8-19-14(21)20-12-6-4-7-13(11(12)2)23-10-15(16,17)18/h4,6-7H,3,5,8-10H2,1-2H3,(H2,19,20,21). The van der Waals surface area contributed by atoms with Crippen molar-refractivity contribution in [1.29, 1.82) is 0 Å². The first kappa shape index (κ1) is 19.1. The second kappa shape index (κ2) is 9.24. The average Bonchev–Trinajstić information content (AvgIpc) is 2.47. The van der Waals surface area contributed by atoms with Crippen LogP contribution in [0.1, 0.15) is 18.9 Å². The minimum Gasteiger partial charge on any atom is -0.484 e. The quantitative estimate of drug-likeness (QED) is 0.716. The van der Waals surface area contributed by atoms with Crippen LogP contribution in [0, 0.1) is 6.92 Å². The molecular weight excluding hydrogens is 313 g/mol. The van der Waals surface area contributed by atoms with E-state index in [0.717, 1.165) is 0 Å². The summed E-state index contributed by atoms with van der Waals surface area (Å²) in [5.41, 5.74) is 0.827. The zero-order valence-corrected chi connectivity index (χ0v) is 13.1. The molecule has 0 saturated carbocycles. The predicted octanol–water partition coefficient (Wildman–Crippen LogP) is 3.48. The fourth-order valence-corrected chi connectivity index (χ4v) is 1.75. The van der Waals surface area contributed by atoms with Gasteiger partial charge in [0.05, 0.1) is 0 Å². The number of rotatable bonds is 8. The Bertz CT molecular complexity index is 507. The lowest BCUT2D eigenvalue weighted by molar-refractivity contribution is -0.153. The largest absolute Gasteiger partial charge is 0.484 e. The molecule has 0 saturated heterocycles. The zero-order chi connectivity index (χ0) is 17.3. The lowest BCUT2D eigenvalue weighted by Crippen LogP contribution is -2.30. The van der Waals surface area contributed by atoms with Crippen LogP contribution in [0.15, 0.2) is 18.2 Å². The van der Waals surface area contributed by atoms with Gasteiger partial charge in [-0.1, -0.05) is 6.07 Å². The van der Waals surface area contributed by atoms with Gasteiger partial charge in [-0.15, -0.1) is 0 Å². The first-order chi connectivity index (χ1) is 10.8. The maximum Gasteiger partial charge on any atom is 0.422 e. The van der Waals surface area contributed by atoms with E-state index in [0.29, 0.717) is 37.4 Å². The third kappa shape index (κ3) is 7.73. The summed E-state index contributed by atoms with van der Waals surface area (Å²) in [5.74, 6) is 0.0801. The van der Waals surface area contributed by atoms with Gasteiger partial charge in [-0.3, -0.25) is 0 Å². The van der Waals surface area contributed by atoms with E-state index in [9.17, 15) is 18.0 Å². The third-order valence-electron chi connectivity index (χ3n) is 2.88. The van der Waals surface area contributed by atoms with Crippen LogP contribution in [0.25, 0.3) is 0 Å². The number of carbonyl (C=O) groups excluding carboxylic acids is 1. The van der Waals surface area contributed by atoms with Gasteiger partial charge in [0.25, 0.3) is 0 Å². The van der Waals surface area contributed by atoms with Gasteiger partial charge < -0.3 is 20.1 Å². The number of alkyl halides is 3. The summed E-state index contributed by atoms with van der Waals surface area (Å²) in [6.07, 6.45) is -3.73. The van der Waals surface area contributed by atoms with Crippen LogP contribution < -0.4 is 15.4 Å². The Labute approximate surface area is 133 Å². The second-order valence-corrected chi connectivity index (χ2v) is 4.76. The molecule has 0 spiro atoms. The molecular formula is C15H21F3N2O3. The van der Waals surface area contributed by atoms with Gasteiger partial charge >= 0.3 is 12.2 Å². The number of urea groups is 1. The van der Waals surface area contributed by atoms with Crippen LogP contribution in [-0.2, 0) is 4.74 Å². The fourth-order valence-electron chi connectivity index (χ4n) is 1.75. The Balaban J connectivity index is 2.51. The molecule has 0 heterocycles. The average molecular weight is 334 g/mol. The van der Waals surface area contributed by atoms with Crippen molar-refractivity contribution in [2.45, 2.75) is 26.4 Å². The Morgan fingerprint density at radius 1 is 1.30 bits per heavy atom. The van der Waals surface area contributed by atoms with E-state index in [1.165, 1.54) is 12.1 Å². The Morgan fingerprint density at radius 2 is 2.04 bits per heavy atom. The molecule has 0 fully saturated rings. The summed E-state index contributed by atoms with van der Waals surface area (Å²) in [7, 11) is 0. The van der Waals surface area contributed by atoms with Crippen LogP contribution >= 0.6 is 0 Å². The molecule has 2 amide bonds. The van der Waals surface area contributed by atoms with Crippen molar-refractivity contribution < 1.29 is 27.4 Å². The van der Waals surface area contributed by atoms with E-state index in [2.05, 4.69) is 10.6 Å². The number of benzene rings is 1. The number of amides is 2. The molecule has 8 heteroatoms. The SMILES string of the molecule is CCOCCCNC(=O)Nc1cccc(OCC(F)(F)F)c1C. The van der Waals surface area contributed by atoms with Crippen LogP contribution in [0.4, 0.5) is 23.7 Å². The molecule has 0 aliphatic carbocycles. The van der Waals surface area contributed by atoms with Crippen molar-refractivity contribution in [3.63, 3.8) is 0 Å². The van der Waals surface area contributed by atoms with Crippen molar-refractivity contribution in [3.05, 3.63) is 23.8 Å². The zero-order valence-electron chi connectivity index (χ0n) is 13.1. The number of nitrogens with one attached hydrogen (secondary N) is 2. The number of hydrogen-bond acceptors (Lipinski definition) is 3. The third-order valence-corrected chi connectivity index (χ3v) is 2.88. The lowest BCUT2D eigenvalue weighted by Gasteiger charge is -2.15.